The Bertz CT molecular complexity index is 886. The molecule has 27 heavy (non-hydrogen) atoms. The first-order chi connectivity index (χ1) is 13.0. The number of carbonyl (C=O) groups excluding carboxylic acids is 1. The van der Waals surface area contributed by atoms with Crippen LogP contribution in [-0.4, -0.2) is 24.2 Å². The van der Waals surface area contributed by atoms with Crippen LogP contribution >= 0.6 is 15.9 Å². The highest BCUT2D eigenvalue weighted by Crippen LogP contribution is 2.37. The van der Waals surface area contributed by atoms with Crippen molar-refractivity contribution in [2.45, 2.75) is 13.8 Å². The lowest BCUT2D eigenvalue weighted by molar-refractivity contribution is -0.112. The van der Waals surface area contributed by atoms with E-state index in [1.165, 1.54) is 18.2 Å². The minimum absolute atomic E-state index is 0.0680. The smallest absolute Gasteiger partial charge is 0.266 e. The fraction of sp³-hybridized carbons (Fsp3) is 0.200. The second-order valence-electron chi connectivity index (χ2n) is 5.37. The number of amides is 1. The number of anilines is 1. The molecule has 0 saturated carbocycles. The number of nitrogens with one attached hydrogen (secondary N) is 1. The molecule has 0 spiro atoms. The van der Waals surface area contributed by atoms with Crippen LogP contribution in [0, 0.1) is 11.3 Å². The maximum atomic E-state index is 12.4. The van der Waals surface area contributed by atoms with Crippen molar-refractivity contribution < 1.29 is 19.4 Å². The lowest BCUT2D eigenvalue weighted by Crippen LogP contribution is -2.13. The molecule has 0 fully saturated rings. The maximum absolute atomic E-state index is 12.4. The number of nitrogens with zero attached hydrogens (tertiary/aromatic N) is 1. The standard InChI is InChI=1S/C20H19BrN2O4/c1-3-26-18-11-13(10-17(21)19(18)27-4-2)9-14(12-22)20(25)23-15-5-7-16(24)8-6-15/h5-11,24H,3-4H2,1-2H3,(H,23,25). The number of halogens is 1. The summed E-state index contributed by atoms with van der Waals surface area (Å²) in [4.78, 5) is 12.4. The molecule has 2 aromatic rings. The molecule has 0 unspecified atom stereocenters. The third-order valence-corrected chi connectivity index (χ3v) is 4.01. The highest BCUT2D eigenvalue weighted by molar-refractivity contribution is 9.10. The Balaban J connectivity index is 2.31. The first-order valence-corrected chi connectivity index (χ1v) is 9.09. The number of phenols is 1. The number of nitriles is 1. The lowest BCUT2D eigenvalue weighted by Gasteiger charge is -2.13. The maximum Gasteiger partial charge on any atom is 0.266 e. The SMILES string of the molecule is CCOc1cc(C=C(C#N)C(=O)Nc2ccc(O)cc2)cc(Br)c1OCC. The summed E-state index contributed by atoms with van der Waals surface area (Å²) in [5, 5.41) is 21.3. The first kappa shape index (κ1) is 20.3. The molecular weight excluding hydrogens is 412 g/mol. The van der Waals surface area contributed by atoms with Crippen molar-refractivity contribution >= 4 is 33.6 Å². The number of aromatic hydroxyl groups is 1. The number of benzene rings is 2. The highest BCUT2D eigenvalue weighted by atomic mass is 79.9. The van der Waals surface area contributed by atoms with Gasteiger partial charge in [-0.25, -0.2) is 0 Å². The summed E-state index contributed by atoms with van der Waals surface area (Å²) in [5.74, 6) is 0.637. The Morgan fingerprint density at radius 1 is 1.22 bits per heavy atom. The van der Waals surface area contributed by atoms with Gasteiger partial charge >= 0.3 is 0 Å². The van der Waals surface area contributed by atoms with Gasteiger partial charge in [0.1, 0.15) is 17.4 Å². The van der Waals surface area contributed by atoms with Crippen LogP contribution in [-0.2, 0) is 4.79 Å². The molecule has 0 bridgehead atoms. The predicted molar refractivity (Wildman–Crippen MR) is 107 cm³/mol. The van der Waals surface area contributed by atoms with Crippen molar-refractivity contribution in [2.24, 2.45) is 0 Å². The molecule has 0 aliphatic carbocycles. The predicted octanol–water partition coefficient (Wildman–Crippen LogP) is 4.50. The fourth-order valence-electron chi connectivity index (χ4n) is 2.28. The molecule has 7 heteroatoms. The van der Waals surface area contributed by atoms with Gasteiger partial charge in [0.2, 0.25) is 0 Å². The highest BCUT2D eigenvalue weighted by Gasteiger charge is 2.14. The molecule has 0 aromatic heterocycles. The summed E-state index contributed by atoms with van der Waals surface area (Å²) in [5.41, 5.74) is 1.02. The van der Waals surface area contributed by atoms with Crippen LogP contribution in [0.5, 0.6) is 17.2 Å². The Hall–Kier alpha value is -2.98. The second-order valence-corrected chi connectivity index (χ2v) is 6.22. The van der Waals surface area contributed by atoms with Crippen LogP contribution < -0.4 is 14.8 Å². The van der Waals surface area contributed by atoms with Crippen LogP contribution in [0.1, 0.15) is 19.4 Å². The van der Waals surface area contributed by atoms with Crippen molar-refractivity contribution in [3.63, 3.8) is 0 Å². The molecule has 0 radical (unpaired) electrons. The molecule has 0 heterocycles. The van der Waals surface area contributed by atoms with Gasteiger partial charge in [-0.15, -0.1) is 0 Å². The number of phenolic OH excluding ortho intramolecular Hbond substituents is 1. The Kier molecular flexibility index (Phi) is 7.26. The molecule has 1 amide bonds. The first-order valence-electron chi connectivity index (χ1n) is 8.29. The molecule has 0 saturated heterocycles. The van der Waals surface area contributed by atoms with Gasteiger partial charge in [0.25, 0.3) is 5.91 Å². The molecule has 2 aromatic carbocycles. The molecule has 2 rings (SSSR count). The number of rotatable bonds is 7. The summed E-state index contributed by atoms with van der Waals surface area (Å²) in [6.45, 7) is 4.66. The normalized spacial score (nSPS) is 10.8. The van der Waals surface area contributed by atoms with E-state index in [0.29, 0.717) is 40.4 Å². The van der Waals surface area contributed by atoms with Gasteiger partial charge in [0.15, 0.2) is 11.5 Å². The van der Waals surface area contributed by atoms with E-state index >= 15 is 0 Å². The number of carbonyl (C=O) groups is 1. The summed E-state index contributed by atoms with van der Waals surface area (Å²) in [6.07, 6.45) is 1.47. The zero-order chi connectivity index (χ0) is 19.8. The minimum Gasteiger partial charge on any atom is -0.508 e. The van der Waals surface area contributed by atoms with E-state index in [0.717, 1.165) is 0 Å². The van der Waals surface area contributed by atoms with Gasteiger partial charge in [-0.2, -0.15) is 5.26 Å². The third-order valence-electron chi connectivity index (χ3n) is 3.42. The lowest BCUT2D eigenvalue weighted by atomic mass is 10.1. The van der Waals surface area contributed by atoms with Crippen molar-refractivity contribution in [3.05, 3.63) is 52.0 Å². The van der Waals surface area contributed by atoms with Crippen molar-refractivity contribution in [1.29, 1.82) is 5.26 Å². The van der Waals surface area contributed by atoms with Gasteiger partial charge in [-0.3, -0.25) is 4.79 Å². The van der Waals surface area contributed by atoms with Gasteiger partial charge in [0, 0.05) is 5.69 Å². The number of hydrogen-bond donors (Lipinski definition) is 2. The van der Waals surface area contributed by atoms with Crippen molar-refractivity contribution in [2.75, 3.05) is 18.5 Å². The molecule has 0 aliphatic heterocycles. The summed E-state index contributed by atoms with van der Waals surface area (Å²) in [7, 11) is 0. The zero-order valence-electron chi connectivity index (χ0n) is 15.0. The van der Waals surface area contributed by atoms with Crippen molar-refractivity contribution in [1.82, 2.24) is 0 Å². The van der Waals surface area contributed by atoms with Crippen LogP contribution in [0.2, 0.25) is 0 Å². The van der Waals surface area contributed by atoms with Gasteiger partial charge < -0.3 is 19.9 Å². The molecular formula is C20H19BrN2O4. The topological polar surface area (TPSA) is 91.6 Å². The molecule has 140 valence electrons. The zero-order valence-corrected chi connectivity index (χ0v) is 16.5. The third kappa shape index (κ3) is 5.50. The van der Waals surface area contributed by atoms with Gasteiger partial charge in [0.05, 0.1) is 17.7 Å². The van der Waals surface area contributed by atoms with E-state index in [2.05, 4.69) is 21.2 Å². The van der Waals surface area contributed by atoms with E-state index in [4.69, 9.17) is 9.47 Å². The second kappa shape index (κ2) is 9.64. The van der Waals surface area contributed by atoms with Crippen LogP contribution in [0.15, 0.2) is 46.4 Å². The fourth-order valence-corrected chi connectivity index (χ4v) is 2.85. The summed E-state index contributed by atoms with van der Waals surface area (Å²) >= 11 is 3.44. The Morgan fingerprint density at radius 3 is 2.48 bits per heavy atom. The average Bonchev–Trinajstić information content (AvgIpc) is 2.64. The minimum atomic E-state index is -0.550. The van der Waals surface area contributed by atoms with Crippen LogP contribution in [0.4, 0.5) is 5.69 Å². The Labute approximate surface area is 166 Å². The van der Waals surface area contributed by atoms with E-state index < -0.39 is 5.91 Å². The number of hydrogen-bond acceptors (Lipinski definition) is 5. The van der Waals surface area contributed by atoms with E-state index in [1.807, 2.05) is 19.9 Å². The van der Waals surface area contributed by atoms with Crippen molar-refractivity contribution in [3.8, 4) is 23.3 Å². The summed E-state index contributed by atoms with van der Waals surface area (Å²) < 4.78 is 11.9. The van der Waals surface area contributed by atoms with Gasteiger partial charge in [-0.1, -0.05) is 0 Å². The number of ether oxygens (including phenoxy) is 2. The van der Waals surface area contributed by atoms with E-state index in [9.17, 15) is 15.2 Å². The molecule has 6 nitrogen and oxygen atoms in total. The van der Waals surface area contributed by atoms with E-state index in [-0.39, 0.29) is 11.3 Å². The average molecular weight is 431 g/mol. The van der Waals surface area contributed by atoms with E-state index in [1.54, 1.807) is 24.3 Å². The Morgan fingerprint density at radius 2 is 1.89 bits per heavy atom. The monoisotopic (exact) mass is 430 g/mol. The molecule has 0 atom stereocenters. The largest absolute Gasteiger partial charge is 0.508 e. The quantitative estimate of drug-likeness (QED) is 0.383. The van der Waals surface area contributed by atoms with Crippen LogP contribution in [0.3, 0.4) is 0 Å². The molecule has 0 aliphatic rings. The molecule has 2 N–H and O–H groups in total. The van der Waals surface area contributed by atoms with Crippen LogP contribution in [0.25, 0.3) is 6.08 Å². The van der Waals surface area contributed by atoms with Gasteiger partial charge in [-0.05, 0) is 77.8 Å². The summed E-state index contributed by atoms with van der Waals surface area (Å²) in [6, 6.07) is 11.4.